The van der Waals surface area contributed by atoms with E-state index in [4.69, 9.17) is 0 Å². The zero-order chi connectivity index (χ0) is 17.1. The van der Waals surface area contributed by atoms with Crippen LogP contribution in [0.5, 0.6) is 0 Å². The SMILES string of the molecule is CC(=O)Nc1ccc(C=Nn2c(C)nc3ccccc3c2=O)cc1. The third-order valence-corrected chi connectivity index (χ3v) is 3.47. The van der Waals surface area contributed by atoms with E-state index in [1.54, 1.807) is 43.5 Å². The van der Waals surface area contributed by atoms with Gasteiger partial charge in [-0.05, 0) is 36.8 Å². The number of carbonyl (C=O) groups is 1. The molecular formula is C18H16N4O2. The summed E-state index contributed by atoms with van der Waals surface area (Å²) in [5.41, 5.74) is 1.97. The molecule has 0 atom stereocenters. The quantitative estimate of drug-likeness (QED) is 0.753. The highest BCUT2D eigenvalue weighted by Crippen LogP contribution is 2.09. The van der Waals surface area contributed by atoms with Crippen LogP contribution in [0.4, 0.5) is 5.69 Å². The number of para-hydroxylation sites is 1. The standard InChI is InChI=1S/C18H16N4O2/c1-12-20-17-6-4-3-5-16(17)18(24)22(12)19-11-14-7-9-15(10-8-14)21-13(2)23/h3-11H,1-2H3,(H,21,23). The Bertz CT molecular complexity index is 988. The van der Waals surface area contributed by atoms with Gasteiger partial charge in [-0.3, -0.25) is 9.59 Å². The van der Waals surface area contributed by atoms with Gasteiger partial charge >= 0.3 is 0 Å². The lowest BCUT2D eigenvalue weighted by atomic mass is 10.2. The molecule has 0 unspecified atom stereocenters. The fourth-order valence-corrected chi connectivity index (χ4v) is 2.35. The number of hydrogen-bond donors (Lipinski definition) is 1. The summed E-state index contributed by atoms with van der Waals surface area (Å²) in [5.74, 6) is 0.394. The molecule has 0 spiro atoms. The molecule has 0 aliphatic rings. The lowest BCUT2D eigenvalue weighted by molar-refractivity contribution is -0.114. The van der Waals surface area contributed by atoms with Crippen molar-refractivity contribution in [3.63, 3.8) is 0 Å². The van der Waals surface area contributed by atoms with Crippen LogP contribution in [0, 0.1) is 6.92 Å². The Kier molecular flexibility index (Phi) is 4.20. The Morgan fingerprint density at radius 3 is 2.58 bits per heavy atom. The van der Waals surface area contributed by atoms with Crippen molar-refractivity contribution in [3.8, 4) is 0 Å². The van der Waals surface area contributed by atoms with Crippen LogP contribution < -0.4 is 10.9 Å². The Balaban J connectivity index is 1.93. The van der Waals surface area contributed by atoms with Gasteiger partial charge in [0.05, 0.1) is 17.1 Å². The van der Waals surface area contributed by atoms with E-state index in [1.807, 2.05) is 18.2 Å². The zero-order valence-electron chi connectivity index (χ0n) is 13.4. The molecule has 0 saturated heterocycles. The van der Waals surface area contributed by atoms with E-state index < -0.39 is 0 Å². The molecule has 1 N–H and O–H groups in total. The number of nitrogens with one attached hydrogen (secondary N) is 1. The second kappa shape index (κ2) is 6.45. The molecule has 3 aromatic rings. The number of carbonyl (C=O) groups excluding carboxylic acids is 1. The summed E-state index contributed by atoms with van der Waals surface area (Å²) in [5, 5.41) is 7.47. The van der Waals surface area contributed by atoms with Gasteiger partial charge in [0.1, 0.15) is 5.82 Å². The first-order chi connectivity index (χ1) is 11.5. The Morgan fingerprint density at radius 1 is 1.17 bits per heavy atom. The average molecular weight is 320 g/mol. The minimum Gasteiger partial charge on any atom is -0.326 e. The molecule has 2 aromatic carbocycles. The molecule has 120 valence electrons. The summed E-state index contributed by atoms with van der Waals surface area (Å²) in [6.45, 7) is 3.20. The molecule has 0 radical (unpaired) electrons. The maximum absolute atomic E-state index is 12.5. The van der Waals surface area contributed by atoms with Gasteiger partial charge in [-0.15, -0.1) is 0 Å². The third kappa shape index (κ3) is 3.22. The molecule has 0 fully saturated rings. The number of nitrogens with zero attached hydrogens (tertiary/aromatic N) is 3. The van der Waals surface area contributed by atoms with E-state index in [0.29, 0.717) is 22.4 Å². The van der Waals surface area contributed by atoms with Crippen LogP contribution in [-0.2, 0) is 4.79 Å². The molecule has 1 heterocycles. The van der Waals surface area contributed by atoms with E-state index in [1.165, 1.54) is 11.6 Å². The van der Waals surface area contributed by atoms with Gasteiger partial charge in [0.2, 0.25) is 5.91 Å². The molecule has 0 bridgehead atoms. The van der Waals surface area contributed by atoms with Crippen molar-refractivity contribution in [2.75, 3.05) is 5.32 Å². The summed E-state index contributed by atoms with van der Waals surface area (Å²) < 4.78 is 1.28. The highest BCUT2D eigenvalue weighted by molar-refractivity contribution is 5.89. The van der Waals surface area contributed by atoms with Crippen LogP contribution in [0.2, 0.25) is 0 Å². The molecule has 0 aliphatic heterocycles. The number of rotatable bonds is 3. The molecule has 0 aliphatic carbocycles. The van der Waals surface area contributed by atoms with Crippen molar-refractivity contribution in [3.05, 3.63) is 70.3 Å². The largest absolute Gasteiger partial charge is 0.326 e. The van der Waals surface area contributed by atoms with Gasteiger partial charge in [0.15, 0.2) is 0 Å². The van der Waals surface area contributed by atoms with Gasteiger partial charge < -0.3 is 5.32 Å². The summed E-state index contributed by atoms with van der Waals surface area (Å²) in [4.78, 5) is 27.9. The van der Waals surface area contributed by atoms with Crippen molar-refractivity contribution in [2.24, 2.45) is 5.10 Å². The highest BCUT2D eigenvalue weighted by atomic mass is 16.1. The second-order valence-corrected chi connectivity index (χ2v) is 5.34. The van der Waals surface area contributed by atoms with Gasteiger partial charge in [-0.25, -0.2) is 4.98 Å². The number of benzene rings is 2. The second-order valence-electron chi connectivity index (χ2n) is 5.34. The molecule has 0 saturated carbocycles. The van der Waals surface area contributed by atoms with Crippen molar-refractivity contribution >= 4 is 28.7 Å². The molecule has 6 nitrogen and oxygen atoms in total. The van der Waals surface area contributed by atoms with E-state index in [0.717, 1.165) is 5.56 Å². The summed E-state index contributed by atoms with van der Waals surface area (Å²) in [6, 6.07) is 14.4. The van der Waals surface area contributed by atoms with Crippen molar-refractivity contribution in [1.29, 1.82) is 0 Å². The topological polar surface area (TPSA) is 76.3 Å². The fraction of sp³-hybridized carbons (Fsp3) is 0.111. The van der Waals surface area contributed by atoms with Crippen LogP contribution in [0.25, 0.3) is 10.9 Å². The molecular weight excluding hydrogens is 304 g/mol. The number of aromatic nitrogens is 2. The van der Waals surface area contributed by atoms with Crippen molar-refractivity contribution < 1.29 is 4.79 Å². The number of amides is 1. The van der Waals surface area contributed by atoms with Gasteiger partial charge in [0, 0.05) is 12.6 Å². The predicted molar refractivity (Wildman–Crippen MR) is 94.5 cm³/mol. The maximum Gasteiger partial charge on any atom is 0.282 e. The Labute approximate surface area is 138 Å². The highest BCUT2D eigenvalue weighted by Gasteiger charge is 2.06. The van der Waals surface area contributed by atoms with Gasteiger partial charge in [-0.1, -0.05) is 24.3 Å². The van der Waals surface area contributed by atoms with Crippen molar-refractivity contribution in [2.45, 2.75) is 13.8 Å². The van der Waals surface area contributed by atoms with Crippen LogP contribution in [0.15, 0.2) is 58.4 Å². The molecule has 6 heteroatoms. The zero-order valence-corrected chi connectivity index (χ0v) is 13.4. The normalized spacial score (nSPS) is 11.1. The smallest absolute Gasteiger partial charge is 0.282 e. The van der Waals surface area contributed by atoms with Crippen LogP contribution in [-0.4, -0.2) is 21.8 Å². The third-order valence-electron chi connectivity index (χ3n) is 3.47. The lowest BCUT2D eigenvalue weighted by Crippen LogP contribution is -2.20. The number of hydrogen-bond acceptors (Lipinski definition) is 4. The van der Waals surface area contributed by atoms with Crippen molar-refractivity contribution in [1.82, 2.24) is 9.66 Å². The van der Waals surface area contributed by atoms with Gasteiger partial charge in [-0.2, -0.15) is 9.78 Å². The lowest BCUT2D eigenvalue weighted by Gasteiger charge is -2.05. The van der Waals surface area contributed by atoms with E-state index in [2.05, 4.69) is 15.4 Å². The Morgan fingerprint density at radius 2 is 1.88 bits per heavy atom. The molecule has 3 rings (SSSR count). The van der Waals surface area contributed by atoms with Crippen LogP contribution >= 0.6 is 0 Å². The molecule has 24 heavy (non-hydrogen) atoms. The van der Waals surface area contributed by atoms with E-state index in [9.17, 15) is 9.59 Å². The predicted octanol–water partition coefficient (Wildman–Crippen LogP) is 2.55. The van der Waals surface area contributed by atoms with E-state index in [-0.39, 0.29) is 11.5 Å². The Hall–Kier alpha value is -3.28. The first-order valence-corrected chi connectivity index (χ1v) is 7.45. The summed E-state index contributed by atoms with van der Waals surface area (Å²) in [7, 11) is 0. The van der Waals surface area contributed by atoms with Crippen LogP contribution in [0.1, 0.15) is 18.3 Å². The fourth-order valence-electron chi connectivity index (χ4n) is 2.35. The first kappa shape index (κ1) is 15.6. The molecule has 1 amide bonds. The first-order valence-electron chi connectivity index (χ1n) is 7.45. The van der Waals surface area contributed by atoms with E-state index >= 15 is 0 Å². The number of anilines is 1. The maximum atomic E-state index is 12.5. The van der Waals surface area contributed by atoms with Crippen LogP contribution in [0.3, 0.4) is 0 Å². The minimum absolute atomic E-state index is 0.124. The summed E-state index contributed by atoms with van der Waals surface area (Å²) >= 11 is 0. The van der Waals surface area contributed by atoms with Gasteiger partial charge in [0.25, 0.3) is 5.56 Å². The summed E-state index contributed by atoms with van der Waals surface area (Å²) in [6.07, 6.45) is 1.59. The number of aryl methyl sites for hydroxylation is 1. The monoisotopic (exact) mass is 320 g/mol. The number of fused-ring (bicyclic) bond motifs is 1. The molecule has 1 aromatic heterocycles. The average Bonchev–Trinajstić information content (AvgIpc) is 2.55. The minimum atomic E-state index is -0.204.